The molecule has 0 aliphatic heterocycles. The summed E-state index contributed by atoms with van der Waals surface area (Å²) in [6, 6.07) is 0. The summed E-state index contributed by atoms with van der Waals surface area (Å²) in [5.41, 5.74) is 0. The van der Waals surface area contributed by atoms with Crippen molar-refractivity contribution >= 4 is 25.1 Å². The zero-order valence-electron chi connectivity index (χ0n) is 6.93. The van der Waals surface area contributed by atoms with Gasteiger partial charge in [0, 0.05) is 0 Å². The Bertz CT molecular complexity index is 130. The summed E-state index contributed by atoms with van der Waals surface area (Å²) in [6.07, 6.45) is 6.63. The van der Waals surface area contributed by atoms with Crippen molar-refractivity contribution in [3.63, 3.8) is 0 Å². The molecule has 62 valence electrons. The van der Waals surface area contributed by atoms with Crippen LogP contribution in [0.25, 0.3) is 0 Å². The molecule has 1 rings (SSSR count). The Morgan fingerprint density at radius 1 is 1.36 bits per heavy atom. The van der Waals surface area contributed by atoms with Crippen LogP contribution in [0.3, 0.4) is 0 Å². The molecule has 1 fully saturated rings. The van der Waals surface area contributed by atoms with Gasteiger partial charge in [0.05, 0.1) is 0 Å². The summed E-state index contributed by atoms with van der Waals surface area (Å²) < 4.78 is 5.59. The molecule has 0 heterocycles. The van der Waals surface area contributed by atoms with E-state index in [9.17, 15) is 4.79 Å². The van der Waals surface area contributed by atoms with Gasteiger partial charge in [-0.3, -0.25) is 0 Å². The molecule has 0 bridgehead atoms. The van der Waals surface area contributed by atoms with Gasteiger partial charge in [0.2, 0.25) is 0 Å². The standard InChI is InChI=1S/C6H11.C2H3O2.Sn/c1-2-4-6-5-3-1;1-4-2-3;/h1H,2-6H2;1H3;. The van der Waals surface area contributed by atoms with E-state index in [0.717, 1.165) is 3.93 Å². The molecule has 11 heavy (non-hydrogen) atoms. The number of methoxy groups -OCH3 is 1. The fourth-order valence-electron chi connectivity index (χ4n) is 1.47. The van der Waals surface area contributed by atoms with Gasteiger partial charge in [-0.25, -0.2) is 0 Å². The van der Waals surface area contributed by atoms with Gasteiger partial charge in [-0.1, -0.05) is 0 Å². The van der Waals surface area contributed by atoms with Crippen LogP contribution in [0, 0.1) is 0 Å². The molecule has 0 aromatic heterocycles. The van der Waals surface area contributed by atoms with E-state index >= 15 is 0 Å². The van der Waals surface area contributed by atoms with Gasteiger partial charge >= 0.3 is 77.8 Å². The summed E-state index contributed by atoms with van der Waals surface area (Å²) >= 11 is -0.842. The predicted molar refractivity (Wildman–Crippen MR) is 45.0 cm³/mol. The summed E-state index contributed by atoms with van der Waals surface area (Å²) in [5.74, 6) is 0. The molecule has 1 saturated carbocycles. The van der Waals surface area contributed by atoms with Crippen LogP contribution < -0.4 is 0 Å². The Morgan fingerprint density at radius 3 is 2.55 bits per heavy atom. The van der Waals surface area contributed by atoms with Gasteiger partial charge in [-0.05, 0) is 0 Å². The molecule has 0 aromatic carbocycles. The average molecular weight is 261 g/mol. The van der Waals surface area contributed by atoms with Crippen LogP contribution >= 0.6 is 0 Å². The summed E-state index contributed by atoms with van der Waals surface area (Å²) in [5, 5.41) is 0. The number of carbonyl (C=O) groups excluding carboxylic acids is 1. The van der Waals surface area contributed by atoms with Crippen LogP contribution in [0.4, 0.5) is 4.79 Å². The van der Waals surface area contributed by atoms with Crippen LogP contribution in [0.5, 0.6) is 0 Å². The molecule has 0 spiro atoms. The van der Waals surface area contributed by atoms with Gasteiger partial charge in [-0.2, -0.15) is 0 Å². The molecule has 0 saturated heterocycles. The van der Waals surface area contributed by atoms with Crippen molar-refractivity contribution < 1.29 is 9.53 Å². The molecular formula is C8H14O2Sn. The zero-order chi connectivity index (χ0) is 8.10. The molecule has 0 unspecified atom stereocenters. The Balaban J connectivity index is 2.19. The molecule has 0 N–H and O–H groups in total. The second kappa shape index (κ2) is 5.01. The number of carbonyl (C=O) groups is 1. The van der Waals surface area contributed by atoms with Crippen molar-refractivity contribution in [1.82, 2.24) is 0 Å². The van der Waals surface area contributed by atoms with Gasteiger partial charge in [-0.15, -0.1) is 0 Å². The van der Waals surface area contributed by atoms with Crippen molar-refractivity contribution in [2.24, 2.45) is 0 Å². The first-order chi connectivity index (χ1) is 5.33. The predicted octanol–water partition coefficient (Wildman–Crippen LogP) is 2.21. The summed E-state index contributed by atoms with van der Waals surface area (Å²) in [6.45, 7) is 0. The van der Waals surface area contributed by atoms with Crippen molar-refractivity contribution in [2.75, 3.05) is 7.11 Å². The molecule has 2 radical (unpaired) electrons. The first-order valence-electron chi connectivity index (χ1n) is 4.17. The van der Waals surface area contributed by atoms with Gasteiger partial charge in [0.1, 0.15) is 0 Å². The third-order valence-corrected chi connectivity index (χ3v) is 6.18. The van der Waals surface area contributed by atoms with E-state index in [1.165, 1.54) is 39.2 Å². The second-order valence-corrected chi connectivity index (χ2v) is 7.29. The fraction of sp³-hybridized carbons (Fsp3) is 0.875. The van der Waals surface area contributed by atoms with E-state index in [1.807, 2.05) is 0 Å². The first-order valence-corrected chi connectivity index (χ1v) is 7.25. The van der Waals surface area contributed by atoms with E-state index in [1.54, 1.807) is 0 Å². The zero-order valence-corrected chi connectivity index (χ0v) is 9.78. The molecular weight excluding hydrogens is 247 g/mol. The normalized spacial score (nSPS) is 19.7. The van der Waals surface area contributed by atoms with E-state index < -0.39 is 21.1 Å². The van der Waals surface area contributed by atoms with Crippen LogP contribution in [0.1, 0.15) is 32.1 Å². The van der Waals surface area contributed by atoms with Crippen LogP contribution in [0.2, 0.25) is 3.93 Å². The maximum atomic E-state index is 10.9. The van der Waals surface area contributed by atoms with Crippen molar-refractivity contribution in [2.45, 2.75) is 36.0 Å². The molecule has 0 amide bonds. The molecule has 0 aromatic rings. The number of ether oxygens (including phenoxy) is 1. The molecule has 0 atom stereocenters. The fourth-order valence-corrected chi connectivity index (χ4v) is 4.75. The minimum atomic E-state index is -0.842. The summed E-state index contributed by atoms with van der Waals surface area (Å²) in [7, 11) is 1.51. The van der Waals surface area contributed by atoms with Crippen molar-refractivity contribution in [1.29, 1.82) is 0 Å². The average Bonchev–Trinajstić information content (AvgIpc) is 2.06. The van der Waals surface area contributed by atoms with Crippen LogP contribution in [-0.4, -0.2) is 32.2 Å². The van der Waals surface area contributed by atoms with E-state index in [-0.39, 0.29) is 3.99 Å². The third kappa shape index (κ3) is 3.45. The Kier molecular flexibility index (Phi) is 4.26. The first kappa shape index (κ1) is 9.36. The molecule has 1 aliphatic carbocycles. The SMILES string of the molecule is CO[C](=O)[Sn][CH]1CCCCC1. The van der Waals surface area contributed by atoms with Gasteiger partial charge in [0.15, 0.2) is 0 Å². The quantitative estimate of drug-likeness (QED) is 0.712. The number of hydrogen-bond donors (Lipinski definition) is 0. The Labute approximate surface area is 77.9 Å². The van der Waals surface area contributed by atoms with E-state index in [2.05, 4.69) is 4.74 Å². The molecule has 3 heteroatoms. The summed E-state index contributed by atoms with van der Waals surface area (Å²) in [4.78, 5) is 10.9. The van der Waals surface area contributed by atoms with E-state index in [4.69, 9.17) is 0 Å². The van der Waals surface area contributed by atoms with Crippen molar-refractivity contribution in [3.8, 4) is 0 Å². The van der Waals surface area contributed by atoms with Gasteiger partial charge in [0.25, 0.3) is 0 Å². The monoisotopic (exact) mass is 262 g/mol. The Hall–Kier alpha value is 0.269. The molecule has 1 aliphatic rings. The van der Waals surface area contributed by atoms with E-state index in [0.29, 0.717) is 0 Å². The van der Waals surface area contributed by atoms with Crippen LogP contribution in [0.15, 0.2) is 0 Å². The van der Waals surface area contributed by atoms with Crippen LogP contribution in [-0.2, 0) is 4.74 Å². The molecule has 2 nitrogen and oxygen atoms in total. The Morgan fingerprint density at radius 2 is 2.00 bits per heavy atom. The third-order valence-electron chi connectivity index (χ3n) is 2.11. The number of hydrogen-bond acceptors (Lipinski definition) is 2. The van der Waals surface area contributed by atoms with Gasteiger partial charge < -0.3 is 0 Å². The van der Waals surface area contributed by atoms with Crippen molar-refractivity contribution in [3.05, 3.63) is 0 Å². The minimum absolute atomic E-state index is 0.125. The maximum absolute atomic E-state index is 10.9. The second-order valence-electron chi connectivity index (χ2n) is 2.97. The number of rotatable bonds is 2. The topological polar surface area (TPSA) is 26.3 Å².